The molecule has 34 heavy (non-hydrogen) atoms. The quantitative estimate of drug-likeness (QED) is 0.740. The van der Waals surface area contributed by atoms with E-state index in [2.05, 4.69) is 28.1 Å². The van der Waals surface area contributed by atoms with Crippen molar-refractivity contribution >= 4 is 12.0 Å². The minimum atomic E-state index is -0.508. The zero-order valence-electron chi connectivity index (χ0n) is 20.3. The summed E-state index contributed by atoms with van der Waals surface area (Å²) in [4.78, 5) is 32.3. The smallest absolute Gasteiger partial charge is 0.410 e. The molecule has 2 amide bonds. The van der Waals surface area contributed by atoms with Crippen molar-refractivity contribution in [3.05, 3.63) is 53.3 Å². The monoisotopic (exact) mass is 462 g/mol. The van der Waals surface area contributed by atoms with Gasteiger partial charge in [-0.3, -0.25) is 14.7 Å². The highest BCUT2D eigenvalue weighted by Gasteiger charge is 2.48. The molecule has 2 N–H and O–H groups in total. The summed E-state index contributed by atoms with van der Waals surface area (Å²) in [6.07, 6.45) is 5.87. The first-order valence-electron chi connectivity index (χ1n) is 12.2. The average molecular weight is 463 g/mol. The second-order valence-corrected chi connectivity index (χ2v) is 11.1. The molecular formula is C27H34N4O3. The molecule has 2 fully saturated rings. The number of ether oxygens (including phenoxy) is 1. The summed E-state index contributed by atoms with van der Waals surface area (Å²) in [6.45, 7) is 9.54. The maximum absolute atomic E-state index is 12.4. The van der Waals surface area contributed by atoms with Gasteiger partial charge < -0.3 is 15.4 Å². The summed E-state index contributed by atoms with van der Waals surface area (Å²) in [5.74, 6) is -0.508. The van der Waals surface area contributed by atoms with E-state index >= 15 is 0 Å². The Bertz CT molecular complexity index is 1090. The van der Waals surface area contributed by atoms with Gasteiger partial charge in [0, 0.05) is 44.0 Å². The number of benzene rings is 1. The number of amides is 2. The number of carbonyl (C=O) groups is 2. The van der Waals surface area contributed by atoms with E-state index in [9.17, 15) is 9.59 Å². The number of nitrogens with two attached hydrogens (primary N) is 1. The molecular weight excluding hydrogens is 428 g/mol. The molecule has 1 aromatic heterocycles. The molecule has 2 aliphatic heterocycles. The van der Waals surface area contributed by atoms with Gasteiger partial charge >= 0.3 is 6.09 Å². The third-order valence-electron chi connectivity index (χ3n) is 7.53. The van der Waals surface area contributed by atoms with Crippen LogP contribution >= 0.6 is 0 Å². The van der Waals surface area contributed by atoms with Crippen molar-refractivity contribution in [1.29, 1.82) is 0 Å². The number of hydrogen-bond acceptors (Lipinski definition) is 5. The van der Waals surface area contributed by atoms with Crippen molar-refractivity contribution in [2.45, 2.75) is 58.1 Å². The molecule has 3 heterocycles. The van der Waals surface area contributed by atoms with Crippen LogP contribution in [0.15, 0.2) is 36.5 Å². The molecule has 1 aliphatic carbocycles. The van der Waals surface area contributed by atoms with Gasteiger partial charge in [-0.05, 0) is 74.6 Å². The number of carbonyl (C=O) groups excluding carboxylic acids is 2. The first-order valence-corrected chi connectivity index (χ1v) is 12.2. The van der Waals surface area contributed by atoms with Gasteiger partial charge in [-0.2, -0.15) is 0 Å². The molecule has 3 aliphatic rings. The summed E-state index contributed by atoms with van der Waals surface area (Å²) in [5, 5.41) is 0. The van der Waals surface area contributed by atoms with Gasteiger partial charge in [0.1, 0.15) is 11.3 Å². The Balaban J connectivity index is 1.19. The Labute approximate surface area is 201 Å². The number of piperidine rings is 1. The number of primary amides is 1. The lowest BCUT2D eigenvalue weighted by molar-refractivity contribution is -0.0716. The van der Waals surface area contributed by atoms with Crippen LogP contribution in [-0.2, 0) is 11.2 Å². The normalized spacial score (nSPS) is 21.7. The molecule has 180 valence electrons. The van der Waals surface area contributed by atoms with Crippen LogP contribution in [-0.4, -0.2) is 58.6 Å². The molecule has 1 atom stereocenters. The zero-order valence-corrected chi connectivity index (χ0v) is 20.3. The first-order chi connectivity index (χ1) is 16.1. The van der Waals surface area contributed by atoms with E-state index in [0.717, 1.165) is 63.0 Å². The number of nitrogens with zero attached hydrogens (tertiary/aromatic N) is 3. The van der Waals surface area contributed by atoms with Crippen LogP contribution < -0.4 is 5.73 Å². The average Bonchev–Trinajstić information content (AvgIpc) is 3.19. The van der Waals surface area contributed by atoms with Gasteiger partial charge in [0.25, 0.3) is 5.91 Å². The predicted molar refractivity (Wildman–Crippen MR) is 130 cm³/mol. The summed E-state index contributed by atoms with van der Waals surface area (Å²) < 4.78 is 5.55. The maximum atomic E-state index is 12.4. The van der Waals surface area contributed by atoms with E-state index in [0.29, 0.717) is 11.5 Å². The van der Waals surface area contributed by atoms with E-state index < -0.39 is 11.5 Å². The van der Waals surface area contributed by atoms with E-state index in [1.54, 1.807) is 12.3 Å². The van der Waals surface area contributed by atoms with Gasteiger partial charge in [0.15, 0.2) is 0 Å². The van der Waals surface area contributed by atoms with E-state index in [-0.39, 0.29) is 11.8 Å². The van der Waals surface area contributed by atoms with E-state index in [1.165, 1.54) is 11.1 Å². The third kappa shape index (κ3) is 4.41. The Morgan fingerprint density at radius 1 is 1.09 bits per heavy atom. The van der Waals surface area contributed by atoms with Gasteiger partial charge in [-0.15, -0.1) is 0 Å². The summed E-state index contributed by atoms with van der Waals surface area (Å²) in [7, 11) is 0. The van der Waals surface area contributed by atoms with Gasteiger partial charge in [-0.1, -0.05) is 24.3 Å². The fourth-order valence-corrected chi connectivity index (χ4v) is 5.71. The topological polar surface area (TPSA) is 88.8 Å². The van der Waals surface area contributed by atoms with Crippen LogP contribution in [0.25, 0.3) is 11.1 Å². The number of hydrogen-bond donors (Lipinski definition) is 1. The molecule has 0 unspecified atom stereocenters. The molecule has 2 aromatic rings. The van der Waals surface area contributed by atoms with Crippen molar-refractivity contribution in [2.75, 3.05) is 26.2 Å². The Morgan fingerprint density at radius 3 is 2.41 bits per heavy atom. The molecule has 2 saturated heterocycles. The number of rotatable bonds is 3. The van der Waals surface area contributed by atoms with E-state index in [1.807, 2.05) is 31.7 Å². The lowest BCUT2D eigenvalue weighted by atomic mass is 9.71. The SMILES string of the molecule is CC(C)(C)OC(=O)N1CCC2(CC1)CN([C@@H]1CCc3cc(-c4ccc(C(N)=O)nc4)ccc31)C2. The maximum Gasteiger partial charge on any atom is 0.410 e. The summed E-state index contributed by atoms with van der Waals surface area (Å²) >= 11 is 0. The van der Waals surface area contributed by atoms with Crippen molar-refractivity contribution < 1.29 is 14.3 Å². The number of aromatic nitrogens is 1. The van der Waals surface area contributed by atoms with Gasteiger partial charge in [0.05, 0.1) is 0 Å². The van der Waals surface area contributed by atoms with Crippen LogP contribution in [0.1, 0.15) is 67.7 Å². The standard InChI is InChI=1S/C27H34N4O3/c1-26(2,3)34-25(33)30-12-10-27(11-13-30)16-31(17-27)23-9-6-19-14-18(4-7-21(19)23)20-5-8-22(24(28)32)29-15-20/h4-5,7-8,14-15,23H,6,9-13,16-17H2,1-3H3,(H2,28,32)/t23-/m1/s1. The molecule has 0 radical (unpaired) electrons. The second kappa shape index (κ2) is 8.38. The van der Waals surface area contributed by atoms with Crippen molar-refractivity contribution in [2.24, 2.45) is 11.1 Å². The summed E-state index contributed by atoms with van der Waals surface area (Å²) in [5.41, 5.74) is 10.4. The van der Waals surface area contributed by atoms with Gasteiger partial charge in [-0.25, -0.2) is 4.79 Å². The molecule has 1 spiro atoms. The molecule has 1 aromatic carbocycles. The van der Waals surface area contributed by atoms with E-state index in [4.69, 9.17) is 10.5 Å². The van der Waals surface area contributed by atoms with Crippen LogP contribution in [0.3, 0.4) is 0 Å². The minimum absolute atomic E-state index is 0.182. The molecule has 5 rings (SSSR count). The number of likely N-dealkylation sites (tertiary alicyclic amines) is 2. The van der Waals surface area contributed by atoms with Crippen molar-refractivity contribution in [3.8, 4) is 11.1 Å². The second-order valence-electron chi connectivity index (χ2n) is 11.1. The van der Waals surface area contributed by atoms with Crippen LogP contribution in [0.5, 0.6) is 0 Å². The lowest BCUT2D eigenvalue weighted by Crippen LogP contribution is -2.61. The fraction of sp³-hybridized carbons (Fsp3) is 0.519. The molecule has 7 heteroatoms. The summed E-state index contributed by atoms with van der Waals surface area (Å²) in [6, 6.07) is 10.8. The number of fused-ring (bicyclic) bond motifs is 1. The van der Waals surface area contributed by atoms with Crippen molar-refractivity contribution in [3.63, 3.8) is 0 Å². The van der Waals surface area contributed by atoms with Crippen LogP contribution in [0.4, 0.5) is 4.79 Å². The molecule has 0 bridgehead atoms. The fourth-order valence-electron chi connectivity index (χ4n) is 5.71. The minimum Gasteiger partial charge on any atom is -0.444 e. The largest absolute Gasteiger partial charge is 0.444 e. The highest BCUT2D eigenvalue weighted by Crippen LogP contribution is 2.48. The zero-order chi connectivity index (χ0) is 24.1. The van der Waals surface area contributed by atoms with Crippen LogP contribution in [0.2, 0.25) is 0 Å². The molecule has 0 saturated carbocycles. The predicted octanol–water partition coefficient (Wildman–Crippen LogP) is 4.17. The lowest BCUT2D eigenvalue weighted by Gasteiger charge is -2.56. The number of pyridine rings is 1. The Morgan fingerprint density at radius 2 is 1.79 bits per heavy atom. The third-order valence-corrected chi connectivity index (χ3v) is 7.53. The first kappa shape index (κ1) is 22.8. The Hall–Kier alpha value is -2.93. The van der Waals surface area contributed by atoms with Gasteiger partial charge in [0.2, 0.25) is 0 Å². The number of aryl methyl sites for hydroxylation is 1. The highest BCUT2D eigenvalue weighted by molar-refractivity contribution is 5.91. The van der Waals surface area contributed by atoms with Crippen LogP contribution in [0, 0.1) is 5.41 Å². The molecule has 7 nitrogen and oxygen atoms in total. The Kier molecular flexibility index (Phi) is 5.63. The highest BCUT2D eigenvalue weighted by atomic mass is 16.6. The van der Waals surface area contributed by atoms with Crippen molar-refractivity contribution in [1.82, 2.24) is 14.8 Å².